The molecule has 73 valence electrons. The van der Waals surface area contributed by atoms with E-state index in [1.807, 2.05) is 0 Å². The summed E-state index contributed by atoms with van der Waals surface area (Å²) in [7, 11) is 0. The Balaban J connectivity index is -0.000000333. The second-order valence-corrected chi connectivity index (χ2v) is 3.96. The van der Waals surface area contributed by atoms with Gasteiger partial charge in [0.15, 0.2) is 0 Å². The average molecular weight is 297 g/mol. The van der Waals surface area contributed by atoms with Crippen LogP contribution >= 0.6 is 0 Å². The molecule has 1 radical (unpaired) electrons. The predicted molar refractivity (Wildman–Crippen MR) is 44.6 cm³/mol. The monoisotopic (exact) mass is 295 g/mol. The summed E-state index contributed by atoms with van der Waals surface area (Å²) in [5.74, 6) is 0. The third-order valence-electron chi connectivity index (χ3n) is 1.91. The Morgan fingerprint density at radius 3 is 1.85 bits per heavy atom. The van der Waals surface area contributed by atoms with Crippen LogP contribution in [0.3, 0.4) is 0 Å². The van der Waals surface area contributed by atoms with Gasteiger partial charge in [0.2, 0.25) is 0 Å². The van der Waals surface area contributed by atoms with Gasteiger partial charge in [-0.2, -0.15) is 5.57 Å². The summed E-state index contributed by atoms with van der Waals surface area (Å²) >= 11 is 0. The molecular formula is C10H15Cl2Zr. The number of halogens is 2. The molecule has 0 saturated heterocycles. The molecule has 0 aromatic rings. The van der Waals surface area contributed by atoms with Gasteiger partial charge in [0.1, 0.15) is 0 Å². The Kier molecular flexibility index (Phi) is 10.9. The minimum absolute atomic E-state index is 0. The summed E-state index contributed by atoms with van der Waals surface area (Å²) in [6, 6.07) is 0. The zero-order valence-electron chi connectivity index (χ0n) is 8.54. The fourth-order valence-electron chi connectivity index (χ4n) is 1.08. The number of hydrogen-bond acceptors (Lipinski definition) is 0. The van der Waals surface area contributed by atoms with E-state index in [1.54, 1.807) is 0 Å². The second kappa shape index (κ2) is 7.26. The smallest absolute Gasteiger partial charge is 1.00 e. The number of rotatable bonds is 0. The van der Waals surface area contributed by atoms with Crippen molar-refractivity contribution in [1.82, 2.24) is 0 Å². The molecule has 0 spiro atoms. The van der Waals surface area contributed by atoms with Gasteiger partial charge in [0, 0.05) is 0 Å². The third kappa shape index (κ3) is 6.10. The summed E-state index contributed by atoms with van der Waals surface area (Å²) in [4.78, 5) is 0. The van der Waals surface area contributed by atoms with E-state index in [0.29, 0.717) is 5.41 Å². The van der Waals surface area contributed by atoms with Gasteiger partial charge < -0.3 is 24.8 Å². The molecular weight excluding hydrogens is 282 g/mol. The Bertz CT molecular complexity index is 199. The molecule has 0 aliphatic heterocycles. The molecule has 1 aliphatic rings. The topological polar surface area (TPSA) is 0 Å². The molecule has 13 heavy (non-hydrogen) atoms. The molecule has 0 N–H and O–H groups in total. The first-order valence-corrected chi connectivity index (χ1v) is 3.78. The number of allylic oxidation sites excluding steroid dienone is 4. The fourth-order valence-corrected chi connectivity index (χ4v) is 1.08. The molecule has 0 atom stereocenters. The quantitative estimate of drug-likeness (QED) is 0.421. The molecule has 0 bridgehead atoms. The van der Waals surface area contributed by atoms with Crippen molar-refractivity contribution in [2.24, 2.45) is 5.41 Å². The van der Waals surface area contributed by atoms with Gasteiger partial charge in [-0.3, -0.25) is 6.08 Å². The summed E-state index contributed by atoms with van der Waals surface area (Å²) in [6.45, 7) is 8.86. The van der Waals surface area contributed by atoms with Gasteiger partial charge in [0.25, 0.3) is 0 Å². The van der Waals surface area contributed by atoms with E-state index in [4.69, 9.17) is 0 Å². The van der Waals surface area contributed by atoms with Gasteiger partial charge in [-0.25, -0.2) is 11.6 Å². The van der Waals surface area contributed by atoms with Gasteiger partial charge in [-0.15, -0.1) is 6.42 Å². The fraction of sp³-hybridized carbons (Fsp3) is 0.600. The first kappa shape index (κ1) is 19.5. The molecule has 0 amide bonds. The Hall–Kier alpha value is 0.943. The van der Waals surface area contributed by atoms with Crippen LogP contribution in [0.4, 0.5) is 0 Å². The SMILES string of the molecule is CC1=[C-]CC(C(C)(C)C)=C1.[Cl-].[Cl-].[Zr+3]. The predicted octanol–water partition coefficient (Wildman–Crippen LogP) is -2.88. The maximum atomic E-state index is 3.30. The van der Waals surface area contributed by atoms with E-state index < -0.39 is 0 Å². The van der Waals surface area contributed by atoms with Crippen molar-refractivity contribution in [2.45, 2.75) is 34.1 Å². The van der Waals surface area contributed by atoms with Crippen LogP contribution in [0.5, 0.6) is 0 Å². The van der Waals surface area contributed by atoms with Crippen LogP contribution in [0.25, 0.3) is 0 Å². The maximum absolute atomic E-state index is 3.30. The molecule has 3 heteroatoms. The van der Waals surface area contributed by atoms with Crippen molar-refractivity contribution in [3.8, 4) is 0 Å². The van der Waals surface area contributed by atoms with E-state index in [-0.39, 0.29) is 51.0 Å². The molecule has 0 aromatic carbocycles. The summed E-state index contributed by atoms with van der Waals surface area (Å²) in [6.07, 6.45) is 6.59. The zero-order valence-corrected chi connectivity index (χ0v) is 12.5. The first-order chi connectivity index (χ1) is 4.50. The molecule has 0 aromatic heterocycles. The summed E-state index contributed by atoms with van der Waals surface area (Å²) in [5, 5.41) is 0. The molecule has 0 heterocycles. The van der Waals surface area contributed by atoms with Crippen LogP contribution in [-0.2, 0) is 26.2 Å². The second-order valence-electron chi connectivity index (χ2n) is 3.96. The number of hydrogen-bond donors (Lipinski definition) is 0. The van der Waals surface area contributed by atoms with E-state index >= 15 is 0 Å². The van der Waals surface area contributed by atoms with Crippen molar-refractivity contribution in [3.05, 3.63) is 23.3 Å². The average Bonchev–Trinajstić information content (AvgIpc) is 2.11. The van der Waals surface area contributed by atoms with Gasteiger partial charge >= 0.3 is 26.2 Å². The Morgan fingerprint density at radius 2 is 1.69 bits per heavy atom. The zero-order chi connectivity index (χ0) is 7.78. The molecule has 0 saturated carbocycles. The van der Waals surface area contributed by atoms with Crippen molar-refractivity contribution < 1.29 is 51.0 Å². The molecule has 0 nitrogen and oxygen atoms in total. The minimum atomic E-state index is 0. The van der Waals surface area contributed by atoms with Gasteiger partial charge in [-0.1, -0.05) is 27.7 Å². The standard InChI is InChI=1S/C10H15.2ClH.Zr/c1-8-5-6-9(7-8)10(2,3)4;;;/h7H,6H2,1-4H3;2*1H;/q-1;;;+3/p-2. The van der Waals surface area contributed by atoms with Crippen LogP contribution in [0, 0.1) is 11.5 Å². The van der Waals surface area contributed by atoms with Crippen LogP contribution in [0.15, 0.2) is 17.2 Å². The minimum Gasteiger partial charge on any atom is -1.00 e. The molecule has 1 aliphatic carbocycles. The first-order valence-electron chi connectivity index (χ1n) is 3.78. The Morgan fingerprint density at radius 1 is 1.23 bits per heavy atom. The summed E-state index contributed by atoms with van der Waals surface area (Å²) < 4.78 is 0. The van der Waals surface area contributed by atoms with Crippen molar-refractivity contribution in [3.63, 3.8) is 0 Å². The van der Waals surface area contributed by atoms with Crippen molar-refractivity contribution in [1.29, 1.82) is 0 Å². The van der Waals surface area contributed by atoms with Crippen LogP contribution < -0.4 is 24.8 Å². The maximum Gasteiger partial charge on any atom is 3.00 e. The molecule has 0 unspecified atom stereocenters. The van der Waals surface area contributed by atoms with Crippen LogP contribution in [-0.4, -0.2) is 0 Å². The van der Waals surface area contributed by atoms with Crippen molar-refractivity contribution in [2.75, 3.05) is 0 Å². The Labute approximate surface area is 113 Å². The van der Waals surface area contributed by atoms with E-state index in [2.05, 4.69) is 39.8 Å². The van der Waals surface area contributed by atoms with E-state index in [1.165, 1.54) is 11.1 Å². The third-order valence-corrected chi connectivity index (χ3v) is 1.91. The van der Waals surface area contributed by atoms with E-state index in [0.717, 1.165) is 6.42 Å². The normalized spacial score (nSPS) is 14.5. The van der Waals surface area contributed by atoms with Crippen LogP contribution in [0.1, 0.15) is 34.1 Å². The largest absolute Gasteiger partial charge is 3.00 e. The van der Waals surface area contributed by atoms with Crippen LogP contribution in [0.2, 0.25) is 0 Å². The van der Waals surface area contributed by atoms with Gasteiger partial charge in [-0.05, 0) is 5.41 Å². The van der Waals surface area contributed by atoms with Crippen molar-refractivity contribution >= 4 is 0 Å². The van der Waals surface area contributed by atoms with Gasteiger partial charge in [0.05, 0.1) is 0 Å². The molecule has 0 fully saturated rings. The molecule has 1 rings (SSSR count). The summed E-state index contributed by atoms with van der Waals surface area (Å²) in [5.41, 5.74) is 3.14. The van der Waals surface area contributed by atoms with E-state index in [9.17, 15) is 0 Å².